The maximum absolute atomic E-state index is 13.5. The Hall–Kier alpha value is -3.39. The van der Waals surface area contributed by atoms with Gasteiger partial charge in [0.2, 0.25) is 11.8 Å². The number of carbonyl (C=O) groups excluding carboxylic acids is 2. The topological polar surface area (TPSA) is 80.8 Å². The summed E-state index contributed by atoms with van der Waals surface area (Å²) in [5, 5.41) is 3.57. The molecule has 0 aliphatic carbocycles. The predicted octanol–water partition coefficient (Wildman–Crippen LogP) is 4.90. The van der Waals surface area contributed by atoms with E-state index in [1.807, 2.05) is 62.4 Å². The van der Waals surface area contributed by atoms with E-state index < -0.39 is 12.0 Å². The second-order valence-electron chi connectivity index (χ2n) is 7.97. The molecule has 2 amide bonds. The summed E-state index contributed by atoms with van der Waals surface area (Å²) in [6, 6.07) is 14.4. The molecule has 1 fully saturated rings. The molecule has 2 atom stereocenters. The number of amides is 2. The van der Waals surface area contributed by atoms with E-state index in [1.54, 1.807) is 19.1 Å². The van der Waals surface area contributed by atoms with E-state index in [1.165, 1.54) is 11.3 Å². The van der Waals surface area contributed by atoms with Crippen LogP contribution in [0.2, 0.25) is 0 Å². The number of nitrogens with zero attached hydrogens (tertiary/aromatic N) is 2. The number of anilines is 2. The number of nitrogens with one attached hydrogen (secondary N) is 1. The van der Waals surface area contributed by atoms with Crippen molar-refractivity contribution in [1.29, 1.82) is 0 Å². The number of rotatable bonds is 6. The Balaban J connectivity index is 1.73. The lowest BCUT2D eigenvalue weighted by atomic mass is 9.83. The minimum atomic E-state index is -0.465. The molecule has 4 rings (SSSR count). The van der Waals surface area contributed by atoms with E-state index in [2.05, 4.69) is 10.3 Å². The number of aromatic nitrogens is 1. The first kappa shape index (κ1) is 22.8. The van der Waals surface area contributed by atoms with Crippen molar-refractivity contribution in [2.24, 2.45) is 5.92 Å². The first-order chi connectivity index (χ1) is 15.9. The van der Waals surface area contributed by atoms with Gasteiger partial charge in [-0.3, -0.25) is 9.59 Å². The molecule has 1 aliphatic rings. The highest BCUT2D eigenvalue weighted by Gasteiger charge is 2.41. The molecule has 1 aliphatic heterocycles. The zero-order valence-electron chi connectivity index (χ0n) is 19.1. The molecule has 2 aromatic carbocycles. The highest BCUT2D eigenvalue weighted by atomic mass is 32.1. The molecule has 1 N–H and O–H groups in total. The summed E-state index contributed by atoms with van der Waals surface area (Å²) in [5.41, 5.74) is 2.49. The van der Waals surface area contributed by atoms with Crippen molar-refractivity contribution in [3.05, 3.63) is 64.7 Å². The van der Waals surface area contributed by atoms with Gasteiger partial charge in [-0.1, -0.05) is 12.1 Å². The maximum atomic E-state index is 13.5. The van der Waals surface area contributed by atoms with E-state index in [4.69, 9.17) is 9.47 Å². The Morgan fingerprint density at radius 1 is 1.03 bits per heavy atom. The molecule has 0 saturated carbocycles. The molecule has 8 heteroatoms. The van der Waals surface area contributed by atoms with E-state index in [0.29, 0.717) is 23.1 Å². The van der Waals surface area contributed by atoms with Crippen LogP contribution in [0.15, 0.2) is 48.5 Å². The van der Waals surface area contributed by atoms with Crippen molar-refractivity contribution in [3.63, 3.8) is 0 Å². The van der Waals surface area contributed by atoms with Gasteiger partial charge in [0.05, 0.1) is 31.9 Å². The summed E-state index contributed by atoms with van der Waals surface area (Å²) in [6.07, 6.45) is 0.740. The number of benzene rings is 2. The molecule has 7 nitrogen and oxygen atoms in total. The Kier molecular flexibility index (Phi) is 6.65. The summed E-state index contributed by atoms with van der Waals surface area (Å²) in [7, 11) is 3.21. The van der Waals surface area contributed by atoms with Gasteiger partial charge in [-0.15, -0.1) is 11.3 Å². The molecule has 0 bridgehead atoms. The summed E-state index contributed by atoms with van der Waals surface area (Å²) >= 11 is 1.46. The van der Waals surface area contributed by atoms with Crippen molar-refractivity contribution in [2.45, 2.75) is 32.7 Å². The zero-order chi connectivity index (χ0) is 23.5. The van der Waals surface area contributed by atoms with Gasteiger partial charge in [0.1, 0.15) is 11.5 Å². The molecule has 172 valence electrons. The van der Waals surface area contributed by atoms with Crippen LogP contribution < -0.4 is 19.7 Å². The summed E-state index contributed by atoms with van der Waals surface area (Å²) < 4.78 is 10.6. The second-order valence-corrected chi connectivity index (χ2v) is 9.18. The average Bonchev–Trinajstić information content (AvgIpc) is 3.15. The van der Waals surface area contributed by atoms with Gasteiger partial charge in [-0.05, 0) is 62.2 Å². The van der Waals surface area contributed by atoms with Crippen LogP contribution >= 0.6 is 11.3 Å². The molecule has 33 heavy (non-hydrogen) atoms. The van der Waals surface area contributed by atoms with Crippen molar-refractivity contribution in [1.82, 2.24) is 4.98 Å². The molecule has 2 heterocycles. The molecule has 0 spiro atoms. The monoisotopic (exact) mass is 465 g/mol. The van der Waals surface area contributed by atoms with Crippen LogP contribution in [-0.2, 0) is 9.59 Å². The van der Waals surface area contributed by atoms with Crippen LogP contribution in [-0.4, -0.2) is 31.0 Å². The largest absolute Gasteiger partial charge is 0.497 e. The number of thiazole rings is 1. The van der Waals surface area contributed by atoms with E-state index in [9.17, 15) is 9.59 Å². The number of hydrogen-bond acceptors (Lipinski definition) is 6. The van der Waals surface area contributed by atoms with E-state index in [0.717, 1.165) is 21.8 Å². The molecule has 0 radical (unpaired) electrons. The third-order valence-corrected chi connectivity index (χ3v) is 6.99. The van der Waals surface area contributed by atoms with Crippen molar-refractivity contribution in [2.75, 3.05) is 24.4 Å². The SMILES string of the molecule is COc1ccc(C2C(C(=O)Nc3nc(C)c(C)s3)CCC(=O)N2c2ccc(OC)cc2)cc1. The first-order valence-corrected chi connectivity index (χ1v) is 11.6. The number of carbonyl (C=O) groups is 2. The maximum Gasteiger partial charge on any atom is 0.231 e. The quantitative estimate of drug-likeness (QED) is 0.560. The van der Waals surface area contributed by atoms with E-state index in [-0.39, 0.29) is 18.2 Å². The van der Waals surface area contributed by atoms with Gasteiger partial charge in [0.15, 0.2) is 5.13 Å². The number of hydrogen-bond donors (Lipinski definition) is 1. The summed E-state index contributed by atoms with van der Waals surface area (Å²) in [4.78, 5) is 33.9. The number of methoxy groups -OCH3 is 2. The average molecular weight is 466 g/mol. The predicted molar refractivity (Wildman–Crippen MR) is 129 cm³/mol. The lowest BCUT2D eigenvalue weighted by molar-refractivity contribution is -0.125. The van der Waals surface area contributed by atoms with Gasteiger partial charge in [0, 0.05) is 17.0 Å². The van der Waals surface area contributed by atoms with Gasteiger partial charge in [0.25, 0.3) is 0 Å². The highest BCUT2D eigenvalue weighted by molar-refractivity contribution is 7.15. The lowest BCUT2D eigenvalue weighted by Gasteiger charge is -2.40. The fourth-order valence-corrected chi connectivity index (χ4v) is 4.94. The fourth-order valence-electron chi connectivity index (χ4n) is 4.12. The Bertz CT molecular complexity index is 1120. The third-order valence-electron chi connectivity index (χ3n) is 6.00. The summed E-state index contributed by atoms with van der Waals surface area (Å²) in [6.45, 7) is 3.90. The number of ether oxygens (including phenoxy) is 2. The number of piperidine rings is 1. The Morgan fingerprint density at radius 3 is 2.18 bits per heavy atom. The van der Waals surface area contributed by atoms with Gasteiger partial charge in [-0.2, -0.15) is 0 Å². The third kappa shape index (κ3) is 4.71. The van der Waals surface area contributed by atoms with Crippen molar-refractivity contribution in [3.8, 4) is 11.5 Å². The smallest absolute Gasteiger partial charge is 0.231 e. The molecular formula is C25H27N3O4S. The first-order valence-electron chi connectivity index (χ1n) is 10.8. The standard InChI is InChI=1S/C25H27N3O4S/c1-15-16(2)33-25(26-15)27-24(30)21-13-14-22(29)28(18-7-11-20(32-4)12-8-18)23(21)17-5-9-19(31-3)10-6-17/h5-12,21,23H,13-14H2,1-4H3,(H,26,27,30). The van der Waals surface area contributed by atoms with Crippen LogP contribution in [0.4, 0.5) is 10.8 Å². The Labute approximate surface area is 197 Å². The minimum Gasteiger partial charge on any atom is -0.497 e. The van der Waals surface area contributed by atoms with Crippen molar-refractivity contribution < 1.29 is 19.1 Å². The van der Waals surface area contributed by atoms with Crippen LogP contribution in [0.1, 0.15) is 35.0 Å². The van der Waals surface area contributed by atoms with Gasteiger partial charge < -0.3 is 19.7 Å². The minimum absolute atomic E-state index is 0.0222. The van der Waals surface area contributed by atoms with E-state index >= 15 is 0 Å². The fraction of sp³-hybridized carbons (Fsp3) is 0.320. The highest BCUT2D eigenvalue weighted by Crippen LogP contribution is 2.41. The lowest BCUT2D eigenvalue weighted by Crippen LogP contribution is -2.46. The summed E-state index contributed by atoms with van der Waals surface area (Å²) in [5.74, 6) is 0.809. The number of aryl methyl sites for hydroxylation is 2. The van der Waals surface area contributed by atoms with Gasteiger partial charge >= 0.3 is 0 Å². The van der Waals surface area contributed by atoms with Crippen molar-refractivity contribution >= 4 is 34.0 Å². The van der Waals surface area contributed by atoms with Crippen LogP contribution in [0.3, 0.4) is 0 Å². The molecule has 2 unspecified atom stereocenters. The molecule has 1 aromatic heterocycles. The van der Waals surface area contributed by atoms with Gasteiger partial charge in [-0.25, -0.2) is 4.98 Å². The zero-order valence-corrected chi connectivity index (χ0v) is 19.9. The van der Waals surface area contributed by atoms with Crippen LogP contribution in [0.25, 0.3) is 0 Å². The molecule has 3 aromatic rings. The second kappa shape index (κ2) is 9.62. The molecule has 1 saturated heterocycles. The molecular weight excluding hydrogens is 438 g/mol. The normalized spacial score (nSPS) is 18.2. The Morgan fingerprint density at radius 2 is 1.64 bits per heavy atom. The van der Waals surface area contributed by atoms with Crippen LogP contribution in [0, 0.1) is 19.8 Å². The van der Waals surface area contributed by atoms with Crippen LogP contribution in [0.5, 0.6) is 11.5 Å².